The Bertz CT molecular complexity index is 121. The predicted octanol–water partition coefficient (Wildman–Crippen LogP) is 1.49. The van der Waals surface area contributed by atoms with Crippen LogP contribution in [0.1, 0.15) is 25.7 Å². The molecule has 0 radical (unpaired) electrons. The molecule has 1 aliphatic carbocycles. The largest absolute Gasteiger partial charge is 0.300 e. The van der Waals surface area contributed by atoms with Crippen molar-refractivity contribution in [2.45, 2.75) is 31.7 Å². The van der Waals surface area contributed by atoms with Crippen molar-refractivity contribution in [3.8, 4) is 0 Å². The van der Waals surface area contributed by atoms with E-state index in [1.54, 1.807) is 12.8 Å². The molecule has 0 aromatic heterocycles. The molecule has 1 saturated carbocycles. The Morgan fingerprint density at radius 2 is 1.90 bits per heavy atom. The molecule has 56 valence electrons. The highest BCUT2D eigenvalue weighted by molar-refractivity contribution is 4.97. The van der Waals surface area contributed by atoms with Crippen LogP contribution in [0.15, 0.2) is 0 Å². The van der Waals surface area contributed by atoms with E-state index in [-0.39, 0.29) is 0 Å². The molecule has 0 aromatic carbocycles. The van der Waals surface area contributed by atoms with E-state index < -0.39 is 0 Å². The van der Waals surface area contributed by atoms with Crippen molar-refractivity contribution in [1.29, 1.82) is 0 Å². The van der Waals surface area contributed by atoms with Crippen LogP contribution in [0.4, 0.5) is 0 Å². The molecule has 2 aliphatic heterocycles. The zero-order valence-corrected chi connectivity index (χ0v) is 6.42. The van der Waals surface area contributed by atoms with Crippen molar-refractivity contribution in [2.75, 3.05) is 13.1 Å². The molecule has 3 atom stereocenters. The lowest BCUT2D eigenvalue weighted by atomic mass is 9.65. The number of nitrogens with zero attached hydrogens (tertiary/aromatic N) is 1. The highest BCUT2D eigenvalue weighted by Crippen LogP contribution is 2.45. The summed E-state index contributed by atoms with van der Waals surface area (Å²) in [7, 11) is 0. The van der Waals surface area contributed by atoms with Gasteiger partial charge in [-0.2, -0.15) is 0 Å². The van der Waals surface area contributed by atoms with E-state index in [2.05, 4.69) is 4.90 Å². The number of hydrogen-bond acceptors (Lipinski definition) is 1. The summed E-state index contributed by atoms with van der Waals surface area (Å²) >= 11 is 0. The first-order valence-corrected chi connectivity index (χ1v) is 4.67. The Morgan fingerprint density at radius 1 is 1.00 bits per heavy atom. The SMILES string of the molecule is C1CC2CN3CCC3CC12. The van der Waals surface area contributed by atoms with Crippen molar-refractivity contribution in [1.82, 2.24) is 4.90 Å². The molecule has 2 saturated heterocycles. The molecule has 10 heavy (non-hydrogen) atoms. The molecule has 1 heteroatoms. The zero-order valence-electron chi connectivity index (χ0n) is 6.42. The fourth-order valence-corrected chi connectivity index (χ4v) is 2.84. The van der Waals surface area contributed by atoms with E-state index in [0.29, 0.717) is 0 Å². The number of hydrogen-bond donors (Lipinski definition) is 0. The number of piperidine rings is 1. The van der Waals surface area contributed by atoms with Crippen LogP contribution in [-0.2, 0) is 0 Å². The highest BCUT2D eigenvalue weighted by atomic mass is 15.2. The summed E-state index contributed by atoms with van der Waals surface area (Å²) in [5.74, 6) is 2.28. The van der Waals surface area contributed by atoms with Gasteiger partial charge in [-0.05, 0) is 44.1 Å². The Kier molecular flexibility index (Phi) is 0.984. The van der Waals surface area contributed by atoms with E-state index >= 15 is 0 Å². The predicted molar refractivity (Wildman–Crippen MR) is 40.8 cm³/mol. The topological polar surface area (TPSA) is 3.24 Å². The quantitative estimate of drug-likeness (QED) is 0.489. The van der Waals surface area contributed by atoms with E-state index in [1.807, 2.05) is 0 Å². The van der Waals surface area contributed by atoms with Gasteiger partial charge in [-0.25, -0.2) is 0 Å². The van der Waals surface area contributed by atoms with Crippen molar-refractivity contribution in [3.63, 3.8) is 0 Å². The minimum Gasteiger partial charge on any atom is -0.300 e. The standard InChI is InChI=1S/C9H15N/c1-2-8-6-10-4-3-9(10)5-7(1)8/h7-9H,1-6H2. The van der Waals surface area contributed by atoms with Gasteiger partial charge in [0.05, 0.1) is 0 Å². The van der Waals surface area contributed by atoms with Crippen LogP contribution in [0.3, 0.4) is 0 Å². The molecule has 0 spiro atoms. The van der Waals surface area contributed by atoms with E-state index in [0.717, 1.165) is 17.9 Å². The first-order valence-electron chi connectivity index (χ1n) is 4.67. The number of fused-ring (bicyclic) bond motifs is 2. The monoisotopic (exact) mass is 137 g/mol. The van der Waals surface area contributed by atoms with Crippen LogP contribution in [0, 0.1) is 11.8 Å². The maximum absolute atomic E-state index is 2.69. The van der Waals surface area contributed by atoms with Crippen LogP contribution in [0.2, 0.25) is 0 Å². The second kappa shape index (κ2) is 1.76. The molecule has 1 nitrogen and oxygen atoms in total. The van der Waals surface area contributed by atoms with Crippen molar-refractivity contribution >= 4 is 0 Å². The summed E-state index contributed by atoms with van der Waals surface area (Å²) in [6.45, 7) is 2.86. The summed E-state index contributed by atoms with van der Waals surface area (Å²) in [5.41, 5.74) is 0. The fourth-order valence-electron chi connectivity index (χ4n) is 2.84. The van der Waals surface area contributed by atoms with Crippen LogP contribution in [-0.4, -0.2) is 24.0 Å². The first kappa shape index (κ1) is 5.59. The zero-order chi connectivity index (χ0) is 6.55. The van der Waals surface area contributed by atoms with Crippen molar-refractivity contribution in [2.24, 2.45) is 11.8 Å². The lowest BCUT2D eigenvalue weighted by Crippen LogP contribution is -2.57. The third-order valence-electron chi connectivity index (χ3n) is 3.88. The molecule has 3 unspecified atom stereocenters. The molecule has 0 aromatic rings. The Labute approximate surface area is 62.4 Å². The van der Waals surface area contributed by atoms with Crippen LogP contribution < -0.4 is 0 Å². The molecule has 3 aliphatic rings. The lowest BCUT2D eigenvalue weighted by Gasteiger charge is -2.54. The van der Waals surface area contributed by atoms with Crippen LogP contribution in [0.5, 0.6) is 0 Å². The Morgan fingerprint density at radius 3 is 2.40 bits per heavy atom. The first-order chi connectivity index (χ1) is 4.93. The van der Waals surface area contributed by atoms with Gasteiger partial charge in [0.1, 0.15) is 0 Å². The molecule has 0 N–H and O–H groups in total. The summed E-state index contributed by atoms with van der Waals surface area (Å²) in [6.07, 6.45) is 6.14. The minimum atomic E-state index is 1.03. The summed E-state index contributed by atoms with van der Waals surface area (Å²) < 4.78 is 0. The normalized spacial score (nSPS) is 52.2. The van der Waals surface area contributed by atoms with E-state index in [1.165, 1.54) is 25.9 Å². The second-order valence-electron chi connectivity index (χ2n) is 4.27. The third kappa shape index (κ3) is 0.572. The fraction of sp³-hybridized carbons (Fsp3) is 1.00. The maximum Gasteiger partial charge on any atom is 0.0110 e. The van der Waals surface area contributed by atoms with Gasteiger partial charge in [-0.1, -0.05) is 0 Å². The lowest BCUT2D eigenvalue weighted by molar-refractivity contribution is -0.0471. The van der Waals surface area contributed by atoms with Gasteiger partial charge in [0, 0.05) is 12.6 Å². The molecular formula is C9H15N. The summed E-state index contributed by atoms with van der Waals surface area (Å²) in [4.78, 5) is 2.69. The van der Waals surface area contributed by atoms with Crippen molar-refractivity contribution < 1.29 is 0 Å². The number of rotatable bonds is 0. The van der Waals surface area contributed by atoms with Crippen molar-refractivity contribution in [3.05, 3.63) is 0 Å². The average Bonchev–Trinajstić information content (AvgIpc) is 1.82. The molecule has 2 heterocycles. The molecule has 0 amide bonds. The smallest absolute Gasteiger partial charge is 0.0110 e. The van der Waals surface area contributed by atoms with Gasteiger partial charge in [-0.3, -0.25) is 4.90 Å². The average molecular weight is 137 g/mol. The van der Waals surface area contributed by atoms with Gasteiger partial charge < -0.3 is 0 Å². The van der Waals surface area contributed by atoms with E-state index in [9.17, 15) is 0 Å². The maximum atomic E-state index is 2.69. The van der Waals surface area contributed by atoms with Crippen LogP contribution in [0.25, 0.3) is 0 Å². The molecule has 3 fully saturated rings. The van der Waals surface area contributed by atoms with Gasteiger partial charge in [-0.15, -0.1) is 0 Å². The molecule has 0 bridgehead atoms. The summed E-state index contributed by atoms with van der Waals surface area (Å²) in [6, 6.07) is 1.03. The van der Waals surface area contributed by atoms with Crippen LogP contribution >= 0.6 is 0 Å². The van der Waals surface area contributed by atoms with E-state index in [4.69, 9.17) is 0 Å². The Balaban J connectivity index is 1.74. The van der Waals surface area contributed by atoms with Gasteiger partial charge in [0.15, 0.2) is 0 Å². The summed E-state index contributed by atoms with van der Waals surface area (Å²) in [5, 5.41) is 0. The minimum absolute atomic E-state index is 1.03. The third-order valence-corrected chi connectivity index (χ3v) is 3.88. The molecular weight excluding hydrogens is 122 g/mol. The van der Waals surface area contributed by atoms with Gasteiger partial charge in [0.2, 0.25) is 0 Å². The molecule has 3 rings (SSSR count). The second-order valence-corrected chi connectivity index (χ2v) is 4.27. The Hall–Kier alpha value is -0.0400. The van der Waals surface area contributed by atoms with Gasteiger partial charge in [0.25, 0.3) is 0 Å². The highest BCUT2D eigenvalue weighted by Gasteiger charge is 2.43. The van der Waals surface area contributed by atoms with Gasteiger partial charge >= 0.3 is 0 Å².